The molecule has 0 unspecified atom stereocenters. The van der Waals surface area contributed by atoms with Crippen molar-refractivity contribution in [3.05, 3.63) is 63.9 Å². The van der Waals surface area contributed by atoms with E-state index in [1.54, 1.807) is 36.1 Å². The van der Waals surface area contributed by atoms with Gasteiger partial charge in [0.05, 0.1) is 11.3 Å². The first-order valence-corrected chi connectivity index (χ1v) is 9.04. The third kappa shape index (κ3) is 4.17. The van der Waals surface area contributed by atoms with Gasteiger partial charge in [-0.1, -0.05) is 11.6 Å². The number of aryl methyl sites for hydroxylation is 1. The highest BCUT2D eigenvalue weighted by Crippen LogP contribution is 2.24. The molecule has 1 aliphatic rings. The zero-order chi connectivity index (χ0) is 19.6. The summed E-state index contributed by atoms with van der Waals surface area (Å²) in [6.45, 7) is 2.49. The average molecular weight is 387 g/mol. The molecule has 7 heteroatoms. The van der Waals surface area contributed by atoms with Crippen molar-refractivity contribution in [2.45, 2.75) is 19.8 Å². The summed E-state index contributed by atoms with van der Waals surface area (Å²) in [7, 11) is 0. The summed E-state index contributed by atoms with van der Waals surface area (Å²) in [5, 5.41) is 9.65. The molecular weight excluding hydrogens is 368 g/mol. The number of piperidine rings is 1. The van der Waals surface area contributed by atoms with E-state index in [4.69, 9.17) is 16.7 Å². The molecule has 0 saturated carbocycles. The molecule has 1 aromatic carbocycles. The molecule has 0 radical (unpaired) electrons. The maximum atomic E-state index is 12.6. The molecule has 0 spiro atoms. The molecule has 0 aliphatic carbocycles. The largest absolute Gasteiger partial charge is 0.478 e. The molecular formula is C20H19ClN2O4. The summed E-state index contributed by atoms with van der Waals surface area (Å²) in [5.74, 6) is -1.37. The van der Waals surface area contributed by atoms with Gasteiger partial charge in [-0.05, 0) is 56.2 Å². The number of pyridine rings is 1. The van der Waals surface area contributed by atoms with Crippen molar-refractivity contribution < 1.29 is 19.5 Å². The third-order valence-corrected chi connectivity index (χ3v) is 5.07. The van der Waals surface area contributed by atoms with Crippen molar-refractivity contribution >= 4 is 29.3 Å². The number of Topliss-reactive ketones (excluding diaryl/α,β-unsaturated/α-hetero) is 1. The fourth-order valence-electron chi connectivity index (χ4n) is 3.26. The monoisotopic (exact) mass is 386 g/mol. The standard InChI is InChI=1S/C20H19ClN2O4/c1-12-16(20(26)27)6-7-17(22-12)19(25)23-10-8-14(9-11-23)18(24)13-2-4-15(21)5-3-13/h2-7,14H,8-11H2,1H3,(H,26,27). The Morgan fingerprint density at radius 2 is 1.70 bits per heavy atom. The molecule has 0 bridgehead atoms. The Balaban J connectivity index is 1.64. The maximum absolute atomic E-state index is 12.6. The summed E-state index contributed by atoms with van der Waals surface area (Å²) in [6.07, 6.45) is 1.17. The van der Waals surface area contributed by atoms with Crippen LogP contribution in [0.4, 0.5) is 0 Å². The number of carbonyl (C=O) groups excluding carboxylic acids is 2. The summed E-state index contributed by atoms with van der Waals surface area (Å²) in [4.78, 5) is 42.1. The van der Waals surface area contributed by atoms with Crippen LogP contribution in [-0.2, 0) is 0 Å². The fourth-order valence-corrected chi connectivity index (χ4v) is 3.39. The minimum Gasteiger partial charge on any atom is -0.478 e. The van der Waals surface area contributed by atoms with Crippen LogP contribution in [0.1, 0.15) is 49.7 Å². The van der Waals surface area contributed by atoms with Crippen LogP contribution in [-0.4, -0.2) is 45.7 Å². The van der Waals surface area contributed by atoms with Gasteiger partial charge in [0, 0.05) is 29.6 Å². The molecule has 27 heavy (non-hydrogen) atoms. The fraction of sp³-hybridized carbons (Fsp3) is 0.300. The summed E-state index contributed by atoms with van der Waals surface area (Å²) < 4.78 is 0. The summed E-state index contributed by atoms with van der Waals surface area (Å²) in [5.41, 5.74) is 1.24. The van der Waals surface area contributed by atoms with Crippen LogP contribution in [0, 0.1) is 12.8 Å². The van der Waals surface area contributed by atoms with Crippen molar-refractivity contribution in [2.75, 3.05) is 13.1 Å². The Morgan fingerprint density at radius 1 is 1.07 bits per heavy atom. The molecule has 1 saturated heterocycles. The first-order valence-electron chi connectivity index (χ1n) is 8.67. The number of carboxylic acid groups (broad SMARTS) is 1. The molecule has 3 rings (SSSR count). The second-order valence-corrected chi connectivity index (χ2v) is 7.01. The third-order valence-electron chi connectivity index (χ3n) is 4.82. The number of hydrogen-bond acceptors (Lipinski definition) is 4. The molecule has 1 aromatic heterocycles. The van der Waals surface area contributed by atoms with Gasteiger partial charge in [0.25, 0.3) is 5.91 Å². The van der Waals surface area contributed by atoms with Crippen molar-refractivity contribution in [3.8, 4) is 0 Å². The normalized spacial score (nSPS) is 14.8. The molecule has 6 nitrogen and oxygen atoms in total. The van der Waals surface area contributed by atoms with Crippen molar-refractivity contribution in [1.29, 1.82) is 0 Å². The minimum absolute atomic E-state index is 0.0681. The van der Waals surface area contributed by atoms with Gasteiger partial charge in [0.2, 0.25) is 0 Å². The van der Waals surface area contributed by atoms with Crippen LogP contribution in [0.3, 0.4) is 0 Å². The van der Waals surface area contributed by atoms with E-state index in [0.29, 0.717) is 42.2 Å². The quantitative estimate of drug-likeness (QED) is 0.813. The molecule has 1 N–H and O–H groups in total. The first kappa shape index (κ1) is 19.0. The van der Waals surface area contributed by atoms with Crippen LogP contribution in [0.15, 0.2) is 36.4 Å². The molecule has 1 amide bonds. The Hall–Kier alpha value is -2.73. The smallest absolute Gasteiger partial charge is 0.337 e. The Labute approximate surface area is 161 Å². The number of rotatable bonds is 4. The molecule has 0 atom stereocenters. The summed E-state index contributed by atoms with van der Waals surface area (Å²) in [6, 6.07) is 9.67. The topological polar surface area (TPSA) is 87.6 Å². The van der Waals surface area contributed by atoms with Gasteiger partial charge in [-0.15, -0.1) is 0 Å². The number of carboxylic acids is 1. The highest BCUT2D eigenvalue weighted by Gasteiger charge is 2.29. The number of benzene rings is 1. The van der Waals surface area contributed by atoms with E-state index in [1.807, 2.05) is 0 Å². The lowest BCUT2D eigenvalue weighted by atomic mass is 9.89. The highest BCUT2D eigenvalue weighted by molar-refractivity contribution is 6.30. The van der Waals surface area contributed by atoms with Crippen LogP contribution in [0.25, 0.3) is 0 Å². The zero-order valence-corrected chi connectivity index (χ0v) is 15.6. The van der Waals surface area contributed by atoms with Crippen LogP contribution in [0.5, 0.6) is 0 Å². The zero-order valence-electron chi connectivity index (χ0n) is 14.8. The number of amides is 1. The second-order valence-electron chi connectivity index (χ2n) is 6.57. The van der Waals surface area contributed by atoms with Gasteiger partial charge < -0.3 is 10.0 Å². The van der Waals surface area contributed by atoms with Crippen molar-refractivity contribution in [3.63, 3.8) is 0 Å². The van der Waals surface area contributed by atoms with Gasteiger partial charge in [-0.3, -0.25) is 9.59 Å². The van der Waals surface area contributed by atoms with E-state index in [-0.39, 0.29) is 28.9 Å². The van der Waals surface area contributed by atoms with Crippen molar-refractivity contribution in [1.82, 2.24) is 9.88 Å². The van der Waals surface area contributed by atoms with E-state index >= 15 is 0 Å². The number of likely N-dealkylation sites (tertiary alicyclic amines) is 1. The Kier molecular flexibility index (Phi) is 5.56. The van der Waals surface area contributed by atoms with Crippen LogP contribution >= 0.6 is 11.6 Å². The van der Waals surface area contributed by atoms with E-state index < -0.39 is 5.97 Å². The highest BCUT2D eigenvalue weighted by atomic mass is 35.5. The van der Waals surface area contributed by atoms with Gasteiger partial charge >= 0.3 is 5.97 Å². The number of carbonyl (C=O) groups is 3. The predicted molar refractivity (Wildman–Crippen MR) is 100 cm³/mol. The molecule has 1 aliphatic heterocycles. The number of halogens is 1. The molecule has 1 fully saturated rings. The number of aromatic nitrogens is 1. The van der Waals surface area contributed by atoms with E-state index in [0.717, 1.165) is 0 Å². The van der Waals surface area contributed by atoms with Gasteiger partial charge in [-0.2, -0.15) is 0 Å². The van der Waals surface area contributed by atoms with E-state index in [1.165, 1.54) is 12.1 Å². The van der Waals surface area contributed by atoms with Crippen LogP contribution < -0.4 is 0 Å². The Bertz CT molecular complexity index is 887. The first-order chi connectivity index (χ1) is 12.9. The van der Waals surface area contributed by atoms with Gasteiger partial charge in [0.15, 0.2) is 5.78 Å². The van der Waals surface area contributed by atoms with E-state index in [2.05, 4.69) is 4.98 Å². The second kappa shape index (κ2) is 7.88. The number of aromatic carboxylic acids is 1. The maximum Gasteiger partial charge on any atom is 0.337 e. The lowest BCUT2D eigenvalue weighted by molar-refractivity contribution is 0.0643. The SMILES string of the molecule is Cc1nc(C(=O)N2CCC(C(=O)c3ccc(Cl)cc3)CC2)ccc1C(=O)O. The van der Waals surface area contributed by atoms with Gasteiger partial charge in [-0.25, -0.2) is 9.78 Å². The predicted octanol–water partition coefficient (Wildman–Crippen LogP) is 3.48. The molecule has 2 aromatic rings. The van der Waals surface area contributed by atoms with Crippen molar-refractivity contribution in [2.24, 2.45) is 5.92 Å². The summed E-state index contributed by atoms with van der Waals surface area (Å²) >= 11 is 5.86. The van der Waals surface area contributed by atoms with Gasteiger partial charge in [0.1, 0.15) is 5.69 Å². The average Bonchev–Trinajstić information content (AvgIpc) is 2.67. The minimum atomic E-state index is -1.07. The lowest BCUT2D eigenvalue weighted by Crippen LogP contribution is -2.40. The van der Waals surface area contributed by atoms with Crippen LogP contribution in [0.2, 0.25) is 5.02 Å². The molecule has 2 heterocycles. The Morgan fingerprint density at radius 3 is 2.26 bits per heavy atom. The number of hydrogen-bond donors (Lipinski definition) is 1. The number of ketones is 1. The molecule has 140 valence electrons. The lowest BCUT2D eigenvalue weighted by Gasteiger charge is -2.31. The number of nitrogens with zero attached hydrogens (tertiary/aromatic N) is 2. The van der Waals surface area contributed by atoms with E-state index in [9.17, 15) is 14.4 Å².